The average Bonchev–Trinajstić information content (AvgIpc) is 2.93. The molecular formula is C21H23NO3S. The standard InChI is InChI=1S/C21H23NO3S/c1-4-25-21(23)20-15(2)22(12-13-26-17-8-6-5-7-9-17)19-11-10-16(24-3)14-18(19)20/h5-11,14H,4,12-13H2,1-3H3. The van der Waals surface area contributed by atoms with Crippen molar-refractivity contribution >= 4 is 28.6 Å². The maximum absolute atomic E-state index is 12.5. The molecule has 0 saturated carbocycles. The van der Waals surface area contributed by atoms with Crippen LogP contribution in [0.5, 0.6) is 5.75 Å². The number of carbonyl (C=O) groups is 1. The maximum Gasteiger partial charge on any atom is 0.340 e. The van der Waals surface area contributed by atoms with Crippen LogP contribution in [0, 0.1) is 6.92 Å². The molecule has 0 aliphatic carbocycles. The van der Waals surface area contributed by atoms with Gasteiger partial charge in [0, 0.05) is 33.8 Å². The number of methoxy groups -OCH3 is 1. The summed E-state index contributed by atoms with van der Waals surface area (Å²) in [5.74, 6) is 1.37. The third kappa shape index (κ3) is 3.73. The minimum Gasteiger partial charge on any atom is -0.497 e. The molecule has 5 heteroatoms. The molecular weight excluding hydrogens is 346 g/mol. The van der Waals surface area contributed by atoms with E-state index in [2.05, 4.69) is 16.7 Å². The van der Waals surface area contributed by atoms with E-state index in [0.29, 0.717) is 12.2 Å². The Morgan fingerprint density at radius 2 is 1.92 bits per heavy atom. The van der Waals surface area contributed by atoms with Crippen molar-refractivity contribution in [3.63, 3.8) is 0 Å². The molecule has 4 nitrogen and oxygen atoms in total. The van der Waals surface area contributed by atoms with Gasteiger partial charge in [0.25, 0.3) is 0 Å². The fourth-order valence-electron chi connectivity index (χ4n) is 3.11. The fraction of sp³-hybridized carbons (Fsp3) is 0.286. The number of hydrogen-bond acceptors (Lipinski definition) is 4. The lowest BCUT2D eigenvalue weighted by atomic mass is 10.1. The van der Waals surface area contributed by atoms with Crippen molar-refractivity contribution in [2.45, 2.75) is 25.3 Å². The van der Waals surface area contributed by atoms with Crippen molar-refractivity contribution in [1.82, 2.24) is 4.57 Å². The molecule has 1 aromatic heterocycles. The monoisotopic (exact) mass is 369 g/mol. The number of thioether (sulfide) groups is 1. The predicted molar refractivity (Wildman–Crippen MR) is 106 cm³/mol. The molecule has 0 amide bonds. The highest BCUT2D eigenvalue weighted by molar-refractivity contribution is 7.99. The largest absolute Gasteiger partial charge is 0.497 e. The summed E-state index contributed by atoms with van der Waals surface area (Å²) in [6.45, 7) is 4.97. The summed E-state index contributed by atoms with van der Waals surface area (Å²) in [6.07, 6.45) is 0. The quantitative estimate of drug-likeness (QED) is 0.437. The Balaban J connectivity index is 1.93. The van der Waals surface area contributed by atoms with Gasteiger partial charge in [-0.25, -0.2) is 4.79 Å². The lowest BCUT2D eigenvalue weighted by Crippen LogP contribution is -2.08. The SMILES string of the molecule is CCOC(=O)c1c(C)n(CCSc2ccccc2)c2ccc(OC)cc12. The van der Waals surface area contributed by atoms with Crippen molar-refractivity contribution in [1.29, 1.82) is 0 Å². The first-order valence-corrected chi connectivity index (χ1v) is 9.66. The van der Waals surface area contributed by atoms with Gasteiger partial charge >= 0.3 is 5.97 Å². The smallest absolute Gasteiger partial charge is 0.340 e. The van der Waals surface area contributed by atoms with E-state index in [1.165, 1.54) is 4.90 Å². The van der Waals surface area contributed by atoms with Crippen molar-refractivity contribution < 1.29 is 14.3 Å². The van der Waals surface area contributed by atoms with Crippen LogP contribution in [0.3, 0.4) is 0 Å². The van der Waals surface area contributed by atoms with E-state index in [4.69, 9.17) is 9.47 Å². The molecule has 0 radical (unpaired) electrons. The van der Waals surface area contributed by atoms with Crippen LogP contribution in [-0.4, -0.2) is 30.0 Å². The van der Waals surface area contributed by atoms with Crippen LogP contribution < -0.4 is 4.74 Å². The van der Waals surface area contributed by atoms with Crippen LogP contribution in [0.25, 0.3) is 10.9 Å². The molecule has 26 heavy (non-hydrogen) atoms. The number of benzene rings is 2. The zero-order chi connectivity index (χ0) is 18.5. The average molecular weight is 369 g/mol. The first-order chi connectivity index (χ1) is 12.7. The summed E-state index contributed by atoms with van der Waals surface area (Å²) >= 11 is 1.81. The van der Waals surface area contributed by atoms with Crippen molar-refractivity contribution in [3.8, 4) is 5.75 Å². The van der Waals surface area contributed by atoms with Gasteiger partial charge in [-0.2, -0.15) is 0 Å². The summed E-state index contributed by atoms with van der Waals surface area (Å²) in [5.41, 5.74) is 2.59. The minimum atomic E-state index is -0.280. The highest BCUT2D eigenvalue weighted by Crippen LogP contribution is 2.30. The third-order valence-electron chi connectivity index (χ3n) is 4.34. The second-order valence-corrected chi connectivity index (χ2v) is 7.05. The molecule has 0 atom stereocenters. The molecule has 0 bridgehead atoms. The van der Waals surface area contributed by atoms with E-state index in [9.17, 15) is 4.79 Å². The number of fused-ring (bicyclic) bond motifs is 1. The molecule has 0 aliphatic heterocycles. The number of ether oxygens (including phenoxy) is 2. The van der Waals surface area contributed by atoms with Gasteiger partial charge in [-0.1, -0.05) is 18.2 Å². The molecule has 0 fully saturated rings. The minimum absolute atomic E-state index is 0.280. The van der Waals surface area contributed by atoms with Gasteiger partial charge in [0.15, 0.2) is 0 Å². The summed E-state index contributed by atoms with van der Waals surface area (Å²) in [5, 5.41) is 0.880. The van der Waals surface area contributed by atoms with Crippen LogP contribution in [0.1, 0.15) is 23.0 Å². The van der Waals surface area contributed by atoms with Crippen LogP contribution >= 0.6 is 11.8 Å². The molecule has 0 unspecified atom stereocenters. The van der Waals surface area contributed by atoms with E-state index < -0.39 is 0 Å². The number of esters is 1. The lowest BCUT2D eigenvalue weighted by Gasteiger charge is -2.09. The third-order valence-corrected chi connectivity index (χ3v) is 5.33. The van der Waals surface area contributed by atoms with Crippen molar-refractivity contribution in [2.24, 2.45) is 0 Å². The van der Waals surface area contributed by atoms with Gasteiger partial charge in [0.05, 0.1) is 19.3 Å². The number of aryl methyl sites for hydroxylation is 1. The zero-order valence-electron chi connectivity index (χ0n) is 15.3. The van der Waals surface area contributed by atoms with E-state index in [0.717, 1.165) is 34.6 Å². The normalized spacial score (nSPS) is 10.9. The second-order valence-electron chi connectivity index (χ2n) is 5.88. The first kappa shape index (κ1) is 18.4. The van der Waals surface area contributed by atoms with Crippen LogP contribution in [0.2, 0.25) is 0 Å². The number of nitrogens with zero attached hydrogens (tertiary/aromatic N) is 1. The molecule has 2 aromatic carbocycles. The van der Waals surface area contributed by atoms with Crippen molar-refractivity contribution in [2.75, 3.05) is 19.5 Å². The number of rotatable bonds is 7. The molecule has 0 aliphatic rings. The van der Waals surface area contributed by atoms with Gasteiger partial charge in [0.2, 0.25) is 0 Å². The molecule has 0 N–H and O–H groups in total. The molecule has 0 saturated heterocycles. The number of hydrogen-bond donors (Lipinski definition) is 0. The molecule has 136 valence electrons. The molecule has 3 aromatic rings. The Morgan fingerprint density at radius 3 is 2.62 bits per heavy atom. The zero-order valence-corrected chi connectivity index (χ0v) is 16.1. The van der Waals surface area contributed by atoms with Crippen LogP contribution in [-0.2, 0) is 11.3 Å². The lowest BCUT2D eigenvalue weighted by molar-refractivity contribution is 0.0527. The summed E-state index contributed by atoms with van der Waals surface area (Å²) in [6, 6.07) is 16.2. The predicted octanol–water partition coefficient (Wildman–Crippen LogP) is 4.93. The van der Waals surface area contributed by atoms with Gasteiger partial charge in [-0.15, -0.1) is 11.8 Å². The summed E-state index contributed by atoms with van der Waals surface area (Å²) in [7, 11) is 1.63. The molecule has 3 rings (SSSR count). The van der Waals surface area contributed by atoms with E-state index in [1.807, 2.05) is 50.2 Å². The Morgan fingerprint density at radius 1 is 1.15 bits per heavy atom. The second kappa shape index (κ2) is 8.32. The number of aromatic nitrogens is 1. The Bertz CT molecular complexity index is 903. The van der Waals surface area contributed by atoms with E-state index in [-0.39, 0.29) is 5.97 Å². The van der Waals surface area contributed by atoms with Crippen LogP contribution in [0.4, 0.5) is 0 Å². The Hall–Kier alpha value is -2.40. The highest BCUT2D eigenvalue weighted by Gasteiger charge is 2.21. The Kier molecular flexibility index (Phi) is 5.89. The van der Waals surface area contributed by atoms with Crippen molar-refractivity contribution in [3.05, 3.63) is 59.8 Å². The van der Waals surface area contributed by atoms with E-state index in [1.54, 1.807) is 18.9 Å². The van der Waals surface area contributed by atoms with Gasteiger partial charge in [0.1, 0.15) is 5.75 Å². The van der Waals surface area contributed by atoms with Gasteiger partial charge < -0.3 is 14.0 Å². The summed E-state index contributed by atoms with van der Waals surface area (Å²) in [4.78, 5) is 13.8. The molecule has 1 heterocycles. The van der Waals surface area contributed by atoms with Crippen LogP contribution in [0.15, 0.2) is 53.4 Å². The van der Waals surface area contributed by atoms with Gasteiger partial charge in [-0.05, 0) is 44.2 Å². The first-order valence-electron chi connectivity index (χ1n) is 8.67. The Labute approximate surface area is 158 Å². The highest BCUT2D eigenvalue weighted by atomic mass is 32.2. The topological polar surface area (TPSA) is 40.5 Å². The maximum atomic E-state index is 12.5. The van der Waals surface area contributed by atoms with Gasteiger partial charge in [-0.3, -0.25) is 0 Å². The summed E-state index contributed by atoms with van der Waals surface area (Å²) < 4.78 is 12.8. The van der Waals surface area contributed by atoms with E-state index >= 15 is 0 Å². The molecule has 0 spiro atoms. The fourth-order valence-corrected chi connectivity index (χ4v) is 3.97. The number of carbonyl (C=O) groups excluding carboxylic acids is 1.